The number of ether oxygens (including phenoxy) is 1. The van der Waals surface area contributed by atoms with Gasteiger partial charge in [-0.1, -0.05) is 18.2 Å². The molecule has 3 aliphatic heterocycles. The molecule has 4 heterocycles. The number of H-pyrrole nitrogens is 1. The minimum Gasteiger partial charge on any atom is -0.447 e. The lowest BCUT2D eigenvalue weighted by atomic mass is 9.75. The van der Waals surface area contributed by atoms with Crippen molar-refractivity contribution in [3.8, 4) is 0 Å². The van der Waals surface area contributed by atoms with Crippen LogP contribution in [0.25, 0.3) is 0 Å². The minimum atomic E-state index is -0.673. The Labute approximate surface area is 173 Å². The van der Waals surface area contributed by atoms with Crippen molar-refractivity contribution in [3.05, 3.63) is 41.3 Å². The highest BCUT2D eigenvalue weighted by Crippen LogP contribution is 2.48. The van der Waals surface area contributed by atoms with E-state index in [0.29, 0.717) is 19.6 Å². The van der Waals surface area contributed by atoms with Gasteiger partial charge in [-0.25, -0.2) is 9.78 Å². The number of rotatable bonds is 3. The smallest absolute Gasteiger partial charge is 0.410 e. The number of likely N-dealkylation sites (tertiary alicyclic amines) is 1. The Bertz CT molecular complexity index is 957. The molecule has 1 spiro atoms. The van der Waals surface area contributed by atoms with Crippen molar-refractivity contribution < 1.29 is 14.3 Å². The van der Waals surface area contributed by atoms with Gasteiger partial charge in [-0.05, 0) is 44.1 Å². The molecule has 3 aliphatic rings. The van der Waals surface area contributed by atoms with Gasteiger partial charge in [-0.3, -0.25) is 4.79 Å². The SMILES string of the molecule is CC(C)OC(=O)N1CC2(C1)C(=O)N(Cc1nc3c([nH]1)SCCC3)c1ccccc12. The summed E-state index contributed by atoms with van der Waals surface area (Å²) in [6, 6.07) is 7.88. The van der Waals surface area contributed by atoms with Crippen molar-refractivity contribution in [2.75, 3.05) is 23.7 Å². The van der Waals surface area contributed by atoms with E-state index in [2.05, 4.69) is 4.98 Å². The first-order valence-electron chi connectivity index (χ1n) is 10.1. The molecule has 1 saturated heterocycles. The number of nitrogens with zero attached hydrogens (tertiary/aromatic N) is 3. The highest BCUT2D eigenvalue weighted by Gasteiger charge is 2.59. The molecule has 0 saturated carbocycles. The van der Waals surface area contributed by atoms with E-state index in [1.807, 2.05) is 43.0 Å². The molecule has 1 aromatic carbocycles. The number of carbonyl (C=O) groups is 2. The first-order valence-corrected chi connectivity index (χ1v) is 11.0. The van der Waals surface area contributed by atoms with Crippen molar-refractivity contribution in [2.45, 2.75) is 49.8 Å². The van der Waals surface area contributed by atoms with Gasteiger partial charge in [-0.15, -0.1) is 11.8 Å². The monoisotopic (exact) mass is 412 g/mol. The third-order valence-electron chi connectivity index (χ3n) is 5.78. The maximum Gasteiger partial charge on any atom is 0.410 e. The number of aryl methyl sites for hydroxylation is 1. The molecule has 2 aromatic rings. The minimum absolute atomic E-state index is 0.0364. The summed E-state index contributed by atoms with van der Waals surface area (Å²) in [6.45, 7) is 4.78. The summed E-state index contributed by atoms with van der Waals surface area (Å²) in [4.78, 5) is 37.3. The quantitative estimate of drug-likeness (QED) is 0.838. The average molecular weight is 413 g/mol. The predicted molar refractivity (Wildman–Crippen MR) is 110 cm³/mol. The zero-order valence-corrected chi connectivity index (χ0v) is 17.4. The van der Waals surface area contributed by atoms with E-state index in [1.165, 1.54) is 0 Å². The van der Waals surface area contributed by atoms with Crippen LogP contribution >= 0.6 is 11.8 Å². The molecule has 1 fully saturated rings. The summed E-state index contributed by atoms with van der Waals surface area (Å²) in [7, 11) is 0. The van der Waals surface area contributed by atoms with Crippen LogP contribution in [-0.2, 0) is 27.9 Å². The van der Waals surface area contributed by atoms with Crippen LogP contribution in [0.3, 0.4) is 0 Å². The molecule has 5 rings (SSSR count). The molecular weight excluding hydrogens is 388 g/mol. The van der Waals surface area contributed by atoms with Gasteiger partial charge in [0.2, 0.25) is 5.91 Å². The zero-order chi connectivity index (χ0) is 20.2. The number of anilines is 1. The van der Waals surface area contributed by atoms with Gasteiger partial charge in [-0.2, -0.15) is 0 Å². The predicted octanol–water partition coefficient (Wildman–Crippen LogP) is 3.09. The second-order valence-corrected chi connectivity index (χ2v) is 9.30. The molecule has 1 N–H and O–H groups in total. The van der Waals surface area contributed by atoms with Crippen LogP contribution in [0, 0.1) is 0 Å². The summed E-state index contributed by atoms with van der Waals surface area (Å²) in [5, 5.41) is 1.13. The van der Waals surface area contributed by atoms with Crippen molar-refractivity contribution >= 4 is 29.4 Å². The summed E-state index contributed by atoms with van der Waals surface area (Å²) in [6.07, 6.45) is 1.59. The number of para-hydroxylation sites is 1. The van der Waals surface area contributed by atoms with E-state index in [0.717, 1.165) is 46.4 Å². The van der Waals surface area contributed by atoms with E-state index in [-0.39, 0.29) is 18.1 Å². The summed E-state index contributed by atoms with van der Waals surface area (Å²) in [5.41, 5.74) is 2.34. The van der Waals surface area contributed by atoms with Gasteiger partial charge < -0.3 is 19.5 Å². The molecule has 0 radical (unpaired) electrons. The Balaban J connectivity index is 1.40. The fourth-order valence-electron chi connectivity index (χ4n) is 4.44. The van der Waals surface area contributed by atoms with Gasteiger partial charge in [0, 0.05) is 18.8 Å². The number of hydrogen-bond acceptors (Lipinski definition) is 5. The number of amides is 2. The molecule has 2 amide bonds. The number of thioether (sulfide) groups is 1. The van der Waals surface area contributed by atoms with Crippen LogP contribution in [0.1, 0.15) is 37.4 Å². The topological polar surface area (TPSA) is 78.5 Å². The van der Waals surface area contributed by atoms with Gasteiger partial charge in [0.1, 0.15) is 11.2 Å². The Morgan fingerprint density at radius 1 is 1.34 bits per heavy atom. The molecule has 8 heteroatoms. The molecule has 152 valence electrons. The number of fused-ring (bicyclic) bond motifs is 3. The molecule has 0 unspecified atom stereocenters. The van der Waals surface area contributed by atoms with Crippen LogP contribution in [0.5, 0.6) is 0 Å². The van der Waals surface area contributed by atoms with Crippen molar-refractivity contribution in [1.82, 2.24) is 14.9 Å². The fourth-order valence-corrected chi connectivity index (χ4v) is 5.44. The fraction of sp³-hybridized carbons (Fsp3) is 0.476. The maximum atomic E-state index is 13.5. The lowest BCUT2D eigenvalue weighted by Crippen LogP contribution is -2.65. The number of carbonyl (C=O) groups excluding carboxylic acids is 2. The molecule has 7 nitrogen and oxygen atoms in total. The summed E-state index contributed by atoms with van der Waals surface area (Å²) < 4.78 is 5.29. The van der Waals surface area contributed by atoms with Crippen molar-refractivity contribution in [3.63, 3.8) is 0 Å². The normalized spacial score (nSPS) is 19.3. The zero-order valence-electron chi connectivity index (χ0n) is 16.6. The third kappa shape index (κ3) is 2.92. The van der Waals surface area contributed by atoms with E-state index < -0.39 is 5.41 Å². The molecule has 29 heavy (non-hydrogen) atoms. The standard InChI is InChI=1S/C21H24N4O3S/c1-13(2)28-20(27)24-11-21(12-24)14-6-3-4-8-16(14)25(19(21)26)10-17-22-15-7-5-9-29-18(15)23-17/h3-4,6,8,13H,5,7,9-12H2,1-2H3,(H,22,23). The molecule has 0 atom stereocenters. The highest BCUT2D eigenvalue weighted by molar-refractivity contribution is 7.99. The molecular formula is C21H24N4O3S. The number of nitrogens with one attached hydrogen (secondary N) is 1. The van der Waals surface area contributed by atoms with Crippen molar-refractivity contribution in [2.24, 2.45) is 0 Å². The second kappa shape index (κ2) is 6.79. The van der Waals surface area contributed by atoms with Gasteiger partial charge in [0.15, 0.2) is 0 Å². The number of benzene rings is 1. The van der Waals surface area contributed by atoms with E-state index in [9.17, 15) is 9.59 Å². The summed E-state index contributed by atoms with van der Waals surface area (Å²) in [5.74, 6) is 1.96. The van der Waals surface area contributed by atoms with Crippen LogP contribution in [0.2, 0.25) is 0 Å². The van der Waals surface area contributed by atoms with Crippen molar-refractivity contribution in [1.29, 1.82) is 0 Å². The Kier molecular flexibility index (Phi) is 4.34. The first-order chi connectivity index (χ1) is 14.0. The Morgan fingerprint density at radius 2 is 2.14 bits per heavy atom. The lowest BCUT2D eigenvalue weighted by Gasteiger charge is -2.46. The summed E-state index contributed by atoms with van der Waals surface area (Å²) >= 11 is 1.80. The van der Waals surface area contributed by atoms with Gasteiger partial charge >= 0.3 is 6.09 Å². The van der Waals surface area contributed by atoms with Gasteiger partial charge in [0.25, 0.3) is 0 Å². The van der Waals surface area contributed by atoms with Crippen LogP contribution in [0.15, 0.2) is 29.3 Å². The van der Waals surface area contributed by atoms with E-state index >= 15 is 0 Å². The van der Waals surface area contributed by atoms with E-state index in [1.54, 1.807) is 16.7 Å². The number of hydrogen-bond donors (Lipinski definition) is 1. The molecule has 1 aromatic heterocycles. The highest BCUT2D eigenvalue weighted by atomic mass is 32.2. The Morgan fingerprint density at radius 3 is 2.90 bits per heavy atom. The second-order valence-electron chi connectivity index (χ2n) is 8.19. The number of imidazole rings is 1. The number of aromatic nitrogens is 2. The average Bonchev–Trinajstić information content (AvgIpc) is 3.17. The van der Waals surface area contributed by atoms with Crippen LogP contribution in [0.4, 0.5) is 10.5 Å². The van der Waals surface area contributed by atoms with Crippen LogP contribution < -0.4 is 4.90 Å². The van der Waals surface area contributed by atoms with Gasteiger partial charge in [0.05, 0.1) is 23.4 Å². The first kappa shape index (κ1) is 18.5. The Hall–Kier alpha value is -2.48. The molecule has 0 aliphatic carbocycles. The van der Waals surface area contributed by atoms with E-state index in [4.69, 9.17) is 9.72 Å². The molecule has 0 bridgehead atoms. The third-order valence-corrected chi connectivity index (χ3v) is 6.90. The van der Waals surface area contributed by atoms with Crippen LogP contribution in [-0.4, -0.2) is 51.8 Å². The maximum absolute atomic E-state index is 13.5. The largest absolute Gasteiger partial charge is 0.447 e. The lowest BCUT2D eigenvalue weighted by molar-refractivity contribution is -0.128. The number of aromatic amines is 1.